The molecule has 134 valence electrons. The molecule has 0 aliphatic carbocycles. The summed E-state index contributed by atoms with van der Waals surface area (Å²) in [4.78, 5) is 4.31. The first-order valence-electron chi connectivity index (χ1n) is 8.69. The van der Waals surface area contributed by atoms with Gasteiger partial charge in [0, 0.05) is 35.1 Å². The molecular formula is C22H19FN4. The van der Waals surface area contributed by atoms with Crippen LogP contribution in [0.5, 0.6) is 0 Å². The van der Waals surface area contributed by atoms with Crippen molar-refractivity contribution < 1.29 is 4.39 Å². The van der Waals surface area contributed by atoms with E-state index >= 15 is 0 Å². The Morgan fingerprint density at radius 2 is 1.89 bits per heavy atom. The van der Waals surface area contributed by atoms with E-state index in [2.05, 4.69) is 28.0 Å². The van der Waals surface area contributed by atoms with Crippen LogP contribution < -0.4 is 5.32 Å². The van der Waals surface area contributed by atoms with Crippen LogP contribution in [0.1, 0.15) is 16.8 Å². The number of hydrogen-bond acceptors (Lipinski definition) is 3. The molecule has 2 aromatic carbocycles. The van der Waals surface area contributed by atoms with Gasteiger partial charge in [-0.15, -0.1) is 0 Å². The average molecular weight is 358 g/mol. The number of hydrogen-bond donors (Lipinski definition) is 1. The molecule has 5 heteroatoms. The minimum Gasteiger partial charge on any atom is -0.381 e. The van der Waals surface area contributed by atoms with Crippen molar-refractivity contribution >= 4 is 16.6 Å². The lowest BCUT2D eigenvalue weighted by atomic mass is 10.1. The molecule has 0 spiro atoms. The number of nitrogens with zero attached hydrogens (tertiary/aromatic N) is 3. The Hall–Kier alpha value is -3.47. The van der Waals surface area contributed by atoms with Gasteiger partial charge in [0.15, 0.2) is 0 Å². The Morgan fingerprint density at radius 1 is 1.07 bits per heavy atom. The number of nitrogens with one attached hydrogen (secondary N) is 1. The standard InChI is InChI=1S/C22H19FN4/c1-15-6-7-17(12-24-15)13-25-16(2)20-4-3-5-22-21(20)14-26-27(22)19-10-8-18(23)9-11-19/h3-12,14,25H,2,13H2,1H3. The van der Waals surface area contributed by atoms with E-state index in [4.69, 9.17) is 0 Å². The molecule has 0 atom stereocenters. The molecule has 4 rings (SSSR count). The van der Waals surface area contributed by atoms with Gasteiger partial charge >= 0.3 is 0 Å². The van der Waals surface area contributed by atoms with E-state index in [1.165, 1.54) is 12.1 Å². The highest BCUT2D eigenvalue weighted by Gasteiger charge is 2.10. The lowest BCUT2D eigenvalue weighted by molar-refractivity contribution is 0.627. The fraction of sp³-hybridized carbons (Fsp3) is 0.0909. The summed E-state index contributed by atoms with van der Waals surface area (Å²) in [5.74, 6) is -0.265. The average Bonchev–Trinajstić information content (AvgIpc) is 3.12. The highest BCUT2D eigenvalue weighted by atomic mass is 19.1. The summed E-state index contributed by atoms with van der Waals surface area (Å²) in [6.07, 6.45) is 3.68. The molecule has 0 aliphatic rings. The highest BCUT2D eigenvalue weighted by Crippen LogP contribution is 2.25. The summed E-state index contributed by atoms with van der Waals surface area (Å²) in [6.45, 7) is 6.80. The number of fused-ring (bicyclic) bond motifs is 1. The van der Waals surface area contributed by atoms with Crippen LogP contribution in [-0.4, -0.2) is 14.8 Å². The molecule has 2 aromatic heterocycles. The number of halogens is 1. The van der Waals surface area contributed by atoms with E-state index in [9.17, 15) is 4.39 Å². The summed E-state index contributed by atoms with van der Waals surface area (Å²) in [6, 6.07) is 16.3. The van der Waals surface area contributed by atoms with Crippen molar-refractivity contribution in [1.29, 1.82) is 0 Å². The molecule has 0 radical (unpaired) electrons. The van der Waals surface area contributed by atoms with Gasteiger partial charge in [0.2, 0.25) is 0 Å². The number of rotatable bonds is 5. The molecule has 4 aromatic rings. The van der Waals surface area contributed by atoms with Crippen molar-refractivity contribution in [3.63, 3.8) is 0 Å². The summed E-state index contributed by atoms with van der Waals surface area (Å²) < 4.78 is 15.0. The maximum absolute atomic E-state index is 13.2. The lowest BCUT2D eigenvalue weighted by Crippen LogP contribution is -2.11. The number of pyridine rings is 1. The van der Waals surface area contributed by atoms with Gasteiger partial charge in [-0.3, -0.25) is 4.98 Å². The van der Waals surface area contributed by atoms with E-state index < -0.39 is 0 Å². The van der Waals surface area contributed by atoms with Crippen LogP contribution in [0, 0.1) is 12.7 Å². The highest BCUT2D eigenvalue weighted by molar-refractivity contribution is 5.91. The van der Waals surface area contributed by atoms with Gasteiger partial charge < -0.3 is 5.32 Å². The van der Waals surface area contributed by atoms with Crippen LogP contribution in [0.2, 0.25) is 0 Å². The normalized spacial score (nSPS) is 10.9. The molecule has 27 heavy (non-hydrogen) atoms. The molecule has 0 saturated heterocycles. The first-order chi connectivity index (χ1) is 13.1. The minimum absolute atomic E-state index is 0.265. The van der Waals surface area contributed by atoms with Crippen LogP contribution in [0.3, 0.4) is 0 Å². The molecular weight excluding hydrogens is 339 g/mol. The minimum atomic E-state index is -0.265. The van der Waals surface area contributed by atoms with Gasteiger partial charge in [-0.05, 0) is 48.9 Å². The SMILES string of the molecule is C=C(NCc1ccc(C)nc1)c1cccc2c1cnn2-c1ccc(F)cc1. The third-order valence-corrected chi connectivity index (χ3v) is 4.49. The van der Waals surface area contributed by atoms with Crippen molar-refractivity contribution in [2.45, 2.75) is 13.5 Å². The Labute approximate surface area is 157 Å². The van der Waals surface area contributed by atoms with E-state index in [0.717, 1.165) is 39.1 Å². The molecule has 1 N–H and O–H groups in total. The molecule has 0 unspecified atom stereocenters. The Balaban J connectivity index is 1.61. The Bertz CT molecular complexity index is 1100. The van der Waals surface area contributed by atoms with E-state index in [-0.39, 0.29) is 5.82 Å². The fourth-order valence-corrected chi connectivity index (χ4v) is 3.01. The van der Waals surface area contributed by atoms with Crippen LogP contribution >= 0.6 is 0 Å². The zero-order chi connectivity index (χ0) is 18.8. The third kappa shape index (κ3) is 3.44. The molecule has 0 fully saturated rings. The molecule has 0 bridgehead atoms. The first kappa shape index (κ1) is 17.0. The van der Waals surface area contributed by atoms with Crippen LogP contribution in [0.4, 0.5) is 4.39 Å². The van der Waals surface area contributed by atoms with Gasteiger partial charge in [0.05, 0.1) is 17.4 Å². The molecule has 4 nitrogen and oxygen atoms in total. The van der Waals surface area contributed by atoms with Crippen molar-refractivity contribution in [2.24, 2.45) is 0 Å². The summed E-state index contributed by atoms with van der Waals surface area (Å²) >= 11 is 0. The van der Waals surface area contributed by atoms with Gasteiger partial charge in [-0.25, -0.2) is 9.07 Å². The summed E-state index contributed by atoms with van der Waals surface area (Å²) in [5.41, 5.74) is 5.65. The van der Waals surface area contributed by atoms with Crippen molar-refractivity contribution in [1.82, 2.24) is 20.1 Å². The van der Waals surface area contributed by atoms with E-state index in [0.29, 0.717) is 6.54 Å². The second-order valence-electron chi connectivity index (χ2n) is 6.41. The van der Waals surface area contributed by atoms with Gasteiger partial charge in [0.25, 0.3) is 0 Å². The molecule has 0 amide bonds. The number of aryl methyl sites for hydroxylation is 1. The van der Waals surface area contributed by atoms with Crippen LogP contribution in [0.25, 0.3) is 22.3 Å². The van der Waals surface area contributed by atoms with E-state index in [1.807, 2.05) is 43.6 Å². The quantitative estimate of drug-likeness (QED) is 0.566. The summed E-state index contributed by atoms with van der Waals surface area (Å²) in [5, 5.41) is 8.83. The molecule has 0 saturated carbocycles. The zero-order valence-corrected chi connectivity index (χ0v) is 15.0. The fourth-order valence-electron chi connectivity index (χ4n) is 3.01. The van der Waals surface area contributed by atoms with Gasteiger partial charge in [-0.2, -0.15) is 5.10 Å². The monoisotopic (exact) mass is 358 g/mol. The predicted octanol–water partition coefficient (Wildman–Crippen LogP) is 4.63. The van der Waals surface area contributed by atoms with E-state index in [1.54, 1.807) is 16.8 Å². The maximum atomic E-state index is 13.2. The second-order valence-corrected chi connectivity index (χ2v) is 6.41. The van der Waals surface area contributed by atoms with Gasteiger partial charge in [-0.1, -0.05) is 24.8 Å². The van der Waals surface area contributed by atoms with Crippen LogP contribution in [0.15, 0.2) is 73.6 Å². The number of benzene rings is 2. The Morgan fingerprint density at radius 3 is 2.63 bits per heavy atom. The van der Waals surface area contributed by atoms with Gasteiger partial charge in [0.1, 0.15) is 5.82 Å². The Kier molecular flexibility index (Phi) is 4.42. The molecule has 0 aliphatic heterocycles. The van der Waals surface area contributed by atoms with Crippen molar-refractivity contribution in [3.8, 4) is 5.69 Å². The third-order valence-electron chi connectivity index (χ3n) is 4.49. The zero-order valence-electron chi connectivity index (χ0n) is 15.0. The van der Waals surface area contributed by atoms with Crippen molar-refractivity contribution in [3.05, 3.63) is 96.2 Å². The first-order valence-corrected chi connectivity index (χ1v) is 8.69. The topological polar surface area (TPSA) is 42.7 Å². The number of aromatic nitrogens is 3. The maximum Gasteiger partial charge on any atom is 0.123 e. The van der Waals surface area contributed by atoms with Crippen LogP contribution in [-0.2, 0) is 6.54 Å². The lowest BCUT2D eigenvalue weighted by Gasteiger charge is -2.11. The smallest absolute Gasteiger partial charge is 0.123 e. The summed E-state index contributed by atoms with van der Waals surface area (Å²) in [7, 11) is 0. The predicted molar refractivity (Wildman–Crippen MR) is 106 cm³/mol. The largest absolute Gasteiger partial charge is 0.381 e. The second kappa shape index (κ2) is 7.03. The molecule has 2 heterocycles. The van der Waals surface area contributed by atoms with Crippen molar-refractivity contribution in [2.75, 3.05) is 0 Å².